The molecule has 0 saturated heterocycles. The van der Waals surface area contributed by atoms with Crippen LogP contribution in [0.3, 0.4) is 0 Å². The Morgan fingerprint density at radius 3 is 2.35 bits per heavy atom. The summed E-state index contributed by atoms with van der Waals surface area (Å²) in [7, 11) is 1.34. The Kier molecular flexibility index (Phi) is 5.38. The molecule has 0 radical (unpaired) electrons. The van der Waals surface area contributed by atoms with Gasteiger partial charge in [0, 0.05) is 27.7 Å². The molecule has 0 bridgehead atoms. The summed E-state index contributed by atoms with van der Waals surface area (Å²) in [6.07, 6.45) is 0.236. The van der Waals surface area contributed by atoms with Crippen molar-refractivity contribution in [3.63, 3.8) is 0 Å². The van der Waals surface area contributed by atoms with Gasteiger partial charge in [0.25, 0.3) is 0 Å². The van der Waals surface area contributed by atoms with Gasteiger partial charge >= 0.3 is 0 Å². The van der Waals surface area contributed by atoms with Crippen molar-refractivity contribution in [2.24, 2.45) is 0 Å². The number of sulfonamides is 1. The topological polar surface area (TPSA) is 86.9 Å². The van der Waals surface area contributed by atoms with Crippen molar-refractivity contribution < 1.29 is 13.5 Å². The molecule has 0 aromatic heterocycles. The molecule has 1 rings (SSSR count). The van der Waals surface area contributed by atoms with Crippen LogP contribution >= 0.6 is 0 Å². The van der Waals surface area contributed by atoms with E-state index >= 15 is 0 Å². The number of nitrogens with two attached hydrogens (primary N) is 1. The maximum atomic E-state index is 12.0. The van der Waals surface area contributed by atoms with Gasteiger partial charge in [-0.3, -0.25) is 0 Å². The first-order chi connectivity index (χ1) is 9.16. The number of anilines is 2. The van der Waals surface area contributed by atoms with E-state index in [-0.39, 0.29) is 11.0 Å². The zero-order valence-corrected chi connectivity index (χ0v) is 13.2. The lowest BCUT2D eigenvalue weighted by molar-refractivity contribution is 0.187. The smallest absolute Gasteiger partial charge is 0.242 e. The molecule has 1 unspecified atom stereocenters. The average Bonchev–Trinajstić information content (AvgIpc) is 2.35. The van der Waals surface area contributed by atoms with Gasteiger partial charge < -0.3 is 15.7 Å². The number of hydrogen-bond acceptors (Lipinski definition) is 5. The lowest BCUT2D eigenvalue weighted by atomic mass is 10.2. The SMILES string of the molecule is CC(O)CCN(C)c1ccc(S(=O)(=O)N(C)C)cc1N. The van der Waals surface area contributed by atoms with Gasteiger partial charge in [-0.05, 0) is 31.5 Å². The first-order valence-electron chi connectivity index (χ1n) is 6.37. The van der Waals surface area contributed by atoms with Gasteiger partial charge in [-0.2, -0.15) is 0 Å². The van der Waals surface area contributed by atoms with Gasteiger partial charge in [0.2, 0.25) is 10.0 Å². The summed E-state index contributed by atoms with van der Waals surface area (Å²) in [4.78, 5) is 2.07. The van der Waals surface area contributed by atoms with Crippen molar-refractivity contribution in [3.8, 4) is 0 Å². The van der Waals surface area contributed by atoms with Crippen LogP contribution < -0.4 is 10.6 Å². The molecule has 0 aliphatic carbocycles. The second kappa shape index (κ2) is 6.43. The summed E-state index contributed by atoms with van der Waals surface area (Å²) in [5.41, 5.74) is 7.10. The maximum Gasteiger partial charge on any atom is 0.242 e. The molecule has 0 amide bonds. The van der Waals surface area contributed by atoms with Crippen molar-refractivity contribution in [1.29, 1.82) is 0 Å². The summed E-state index contributed by atoms with van der Waals surface area (Å²) in [5.74, 6) is 0. The monoisotopic (exact) mass is 301 g/mol. The second-order valence-corrected chi connectivity index (χ2v) is 7.22. The van der Waals surface area contributed by atoms with Gasteiger partial charge in [0.1, 0.15) is 0 Å². The van der Waals surface area contributed by atoms with E-state index in [0.717, 1.165) is 9.99 Å². The number of nitrogen functional groups attached to an aromatic ring is 1. The average molecular weight is 301 g/mol. The van der Waals surface area contributed by atoms with Crippen LogP contribution in [0, 0.1) is 0 Å². The molecule has 0 saturated carbocycles. The molecule has 0 fully saturated rings. The van der Waals surface area contributed by atoms with Crippen LogP contribution in [0.25, 0.3) is 0 Å². The van der Waals surface area contributed by atoms with Crippen molar-refractivity contribution in [2.45, 2.75) is 24.3 Å². The lowest BCUT2D eigenvalue weighted by Gasteiger charge is -2.22. The predicted molar refractivity (Wildman–Crippen MR) is 81.3 cm³/mol. The zero-order valence-electron chi connectivity index (χ0n) is 12.4. The van der Waals surface area contributed by atoms with Crippen LogP contribution in [-0.4, -0.2) is 51.6 Å². The molecule has 7 heteroatoms. The Morgan fingerprint density at radius 1 is 1.30 bits per heavy atom. The predicted octanol–water partition coefficient (Wildman–Crippen LogP) is 0.726. The number of rotatable bonds is 6. The van der Waals surface area contributed by atoms with Crippen LogP contribution in [-0.2, 0) is 10.0 Å². The fraction of sp³-hybridized carbons (Fsp3) is 0.538. The third-order valence-electron chi connectivity index (χ3n) is 3.07. The minimum atomic E-state index is -3.47. The van der Waals surface area contributed by atoms with Crippen molar-refractivity contribution >= 4 is 21.4 Å². The van der Waals surface area contributed by atoms with Crippen LogP contribution in [0.1, 0.15) is 13.3 Å². The van der Waals surface area contributed by atoms with Gasteiger partial charge in [-0.25, -0.2) is 12.7 Å². The van der Waals surface area contributed by atoms with Crippen LogP contribution in [0.15, 0.2) is 23.1 Å². The van der Waals surface area contributed by atoms with Crippen LogP contribution in [0.5, 0.6) is 0 Å². The number of aliphatic hydroxyl groups excluding tert-OH is 1. The van der Waals surface area contributed by atoms with E-state index in [1.807, 2.05) is 11.9 Å². The van der Waals surface area contributed by atoms with E-state index in [0.29, 0.717) is 18.7 Å². The molecule has 0 heterocycles. The van der Waals surface area contributed by atoms with Gasteiger partial charge in [-0.15, -0.1) is 0 Å². The summed E-state index contributed by atoms with van der Waals surface area (Å²) in [5, 5.41) is 9.29. The fourth-order valence-electron chi connectivity index (χ4n) is 1.75. The fourth-order valence-corrected chi connectivity index (χ4v) is 2.69. The van der Waals surface area contributed by atoms with Crippen molar-refractivity contribution in [1.82, 2.24) is 4.31 Å². The molecule has 0 spiro atoms. The number of nitrogens with zero attached hydrogens (tertiary/aromatic N) is 2. The van der Waals surface area contributed by atoms with E-state index in [4.69, 9.17) is 5.73 Å². The Morgan fingerprint density at radius 2 is 1.90 bits per heavy atom. The van der Waals surface area contributed by atoms with E-state index in [1.54, 1.807) is 19.1 Å². The molecular weight excluding hydrogens is 278 g/mol. The summed E-state index contributed by atoms with van der Waals surface area (Å²) in [6, 6.07) is 4.69. The largest absolute Gasteiger partial charge is 0.397 e. The summed E-state index contributed by atoms with van der Waals surface area (Å²) in [6.45, 7) is 2.37. The highest BCUT2D eigenvalue weighted by atomic mass is 32.2. The molecular formula is C13H23N3O3S. The Balaban J connectivity index is 3.00. The quantitative estimate of drug-likeness (QED) is 0.756. The van der Waals surface area contributed by atoms with Crippen LogP contribution in [0.4, 0.5) is 11.4 Å². The number of benzene rings is 1. The van der Waals surface area contributed by atoms with Crippen molar-refractivity contribution in [2.75, 3.05) is 38.3 Å². The highest BCUT2D eigenvalue weighted by molar-refractivity contribution is 7.89. The molecule has 1 atom stereocenters. The van der Waals surface area contributed by atoms with Crippen molar-refractivity contribution in [3.05, 3.63) is 18.2 Å². The van der Waals surface area contributed by atoms with E-state index < -0.39 is 10.0 Å². The Labute approximate surface area is 120 Å². The number of hydrogen-bond donors (Lipinski definition) is 2. The van der Waals surface area contributed by atoms with E-state index in [2.05, 4.69) is 0 Å². The maximum absolute atomic E-state index is 12.0. The first-order valence-corrected chi connectivity index (χ1v) is 7.81. The minimum absolute atomic E-state index is 0.174. The summed E-state index contributed by atoms with van der Waals surface area (Å²) >= 11 is 0. The first kappa shape index (κ1) is 16.7. The molecule has 6 nitrogen and oxygen atoms in total. The van der Waals surface area contributed by atoms with Gasteiger partial charge in [0.05, 0.1) is 22.4 Å². The molecule has 20 heavy (non-hydrogen) atoms. The third kappa shape index (κ3) is 3.84. The standard InChI is InChI=1S/C13H23N3O3S/c1-10(17)7-8-16(4)13-6-5-11(9-12(13)14)20(18,19)15(2)3/h5-6,9-10,17H,7-8,14H2,1-4H3. The summed E-state index contributed by atoms with van der Waals surface area (Å²) < 4.78 is 25.2. The van der Waals surface area contributed by atoms with E-state index in [9.17, 15) is 13.5 Å². The van der Waals surface area contributed by atoms with Crippen LogP contribution in [0.2, 0.25) is 0 Å². The minimum Gasteiger partial charge on any atom is -0.397 e. The number of aliphatic hydroxyl groups is 1. The van der Waals surface area contributed by atoms with E-state index in [1.165, 1.54) is 20.2 Å². The second-order valence-electron chi connectivity index (χ2n) is 5.07. The highest BCUT2D eigenvalue weighted by Crippen LogP contribution is 2.26. The zero-order chi connectivity index (χ0) is 15.5. The highest BCUT2D eigenvalue weighted by Gasteiger charge is 2.18. The Bertz CT molecular complexity index is 556. The third-order valence-corrected chi connectivity index (χ3v) is 4.88. The molecule has 3 N–H and O–H groups in total. The van der Waals surface area contributed by atoms with Gasteiger partial charge in [-0.1, -0.05) is 0 Å². The molecule has 1 aromatic rings. The molecule has 1 aromatic carbocycles. The molecule has 0 aliphatic heterocycles. The van der Waals surface area contributed by atoms with Gasteiger partial charge in [0.15, 0.2) is 0 Å². The lowest BCUT2D eigenvalue weighted by Crippen LogP contribution is -2.24. The molecule has 0 aliphatic rings. The Hall–Kier alpha value is -1.31. The molecule has 114 valence electrons. The normalized spacial score (nSPS) is 13.5.